The molecule has 0 amide bonds. The first-order valence-electron chi connectivity index (χ1n) is 10.2. The molecule has 1 aromatic carbocycles. The molecule has 2 saturated heterocycles. The molecule has 2 heterocycles. The van der Waals surface area contributed by atoms with Crippen LogP contribution in [-0.4, -0.2) is 121 Å². The third kappa shape index (κ3) is 5.83. The summed E-state index contributed by atoms with van der Waals surface area (Å²) in [5.41, 5.74) is -0.259. The number of phenolic OH excluding ortho intramolecular Hbond substituents is 1. The standard InChI is InChI=1S/C20H28O12S/c21-4-9-3-8(1-2-10(9)23)7-33-20-18(29)16(27)14(25)12(32-20)6-30-19-17(28)15(26)13(24)11(5-22)31-19/h1-4,11-20,22-29H,5-7H2/t11-,12-,13-,14-,15+,16+,17-,18-,19-,20+/m1/s1. The number of rotatable bonds is 8. The minimum Gasteiger partial charge on any atom is -0.507 e. The van der Waals surface area contributed by atoms with Crippen LogP contribution in [0.25, 0.3) is 0 Å². The lowest BCUT2D eigenvalue weighted by Crippen LogP contribution is -2.61. The molecule has 2 fully saturated rings. The minimum absolute atomic E-state index is 0.0967. The van der Waals surface area contributed by atoms with E-state index in [-0.39, 0.29) is 17.1 Å². The van der Waals surface area contributed by atoms with Gasteiger partial charge in [0.15, 0.2) is 12.6 Å². The number of aldehydes is 1. The molecule has 0 radical (unpaired) electrons. The van der Waals surface area contributed by atoms with Crippen LogP contribution in [0.2, 0.25) is 0 Å². The van der Waals surface area contributed by atoms with Crippen molar-refractivity contribution in [2.75, 3.05) is 13.2 Å². The zero-order valence-corrected chi connectivity index (χ0v) is 18.1. The van der Waals surface area contributed by atoms with Crippen LogP contribution >= 0.6 is 11.8 Å². The summed E-state index contributed by atoms with van der Waals surface area (Å²) in [6.45, 7) is -1.06. The maximum atomic E-state index is 11.0. The highest BCUT2D eigenvalue weighted by atomic mass is 32.2. The summed E-state index contributed by atoms with van der Waals surface area (Å²) in [7, 11) is 0. The number of hydrogen-bond acceptors (Lipinski definition) is 13. The van der Waals surface area contributed by atoms with Gasteiger partial charge in [-0.05, 0) is 17.7 Å². The van der Waals surface area contributed by atoms with Gasteiger partial charge < -0.3 is 55.1 Å². The summed E-state index contributed by atoms with van der Waals surface area (Å²) in [5, 5.41) is 79.4. The number of aliphatic hydroxyl groups excluding tert-OH is 7. The molecule has 3 rings (SSSR count). The molecule has 10 atom stereocenters. The first kappa shape index (κ1) is 26.2. The molecule has 1 aromatic rings. The average Bonchev–Trinajstić information content (AvgIpc) is 2.81. The zero-order chi connectivity index (χ0) is 24.3. The van der Waals surface area contributed by atoms with Crippen molar-refractivity contribution in [3.63, 3.8) is 0 Å². The molecule has 12 nitrogen and oxygen atoms in total. The van der Waals surface area contributed by atoms with Gasteiger partial charge in [-0.25, -0.2) is 0 Å². The fourth-order valence-electron chi connectivity index (χ4n) is 3.55. The highest BCUT2D eigenvalue weighted by Gasteiger charge is 2.47. The van der Waals surface area contributed by atoms with E-state index >= 15 is 0 Å². The maximum Gasteiger partial charge on any atom is 0.186 e. The highest BCUT2D eigenvalue weighted by molar-refractivity contribution is 7.99. The molecule has 0 spiro atoms. The van der Waals surface area contributed by atoms with Gasteiger partial charge in [-0.15, -0.1) is 11.8 Å². The van der Waals surface area contributed by atoms with Gasteiger partial charge in [-0.1, -0.05) is 6.07 Å². The lowest BCUT2D eigenvalue weighted by atomic mass is 9.99. The Labute approximate surface area is 193 Å². The predicted molar refractivity (Wildman–Crippen MR) is 111 cm³/mol. The molecule has 33 heavy (non-hydrogen) atoms. The Balaban J connectivity index is 1.61. The Kier molecular flexibility index (Phi) is 9.05. The normalized spacial score (nSPS) is 39.4. The van der Waals surface area contributed by atoms with Crippen LogP contribution in [0.5, 0.6) is 5.75 Å². The topological polar surface area (TPSA) is 207 Å². The average molecular weight is 492 g/mol. The first-order chi connectivity index (χ1) is 15.7. The zero-order valence-electron chi connectivity index (χ0n) is 17.3. The van der Waals surface area contributed by atoms with Gasteiger partial charge in [0.1, 0.15) is 60.0 Å². The van der Waals surface area contributed by atoms with Crippen molar-refractivity contribution < 1.29 is 59.9 Å². The summed E-state index contributed by atoms with van der Waals surface area (Å²) in [6.07, 6.45) is -12.7. The van der Waals surface area contributed by atoms with Gasteiger partial charge in [-0.2, -0.15) is 0 Å². The second-order valence-corrected chi connectivity index (χ2v) is 8.95. The molecule has 0 unspecified atom stereocenters. The van der Waals surface area contributed by atoms with Crippen LogP contribution in [0.3, 0.4) is 0 Å². The summed E-state index contributed by atoms with van der Waals surface area (Å²) in [6, 6.07) is 4.40. The first-order valence-corrected chi connectivity index (χ1v) is 11.2. The van der Waals surface area contributed by atoms with E-state index in [0.29, 0.717) is 11.8 Å². The Morgan fingerprint density at radius 1 is 0.909 bits per heavy atom. The van der Waals surface area contributed by atoms with Crippen LogP contribution in [0.1, 0.15) is 15.9 Å². The van der Waals surface area contributed by atoms with Crippen LogP contribution in [0.15, 0.2) is 18.2 Å². The Bertz CT molecular complexity index is 794. The van der Waals surface area contributed by atoms with E-state index in [1.165, 1.54) is 12.1 Å². The van der Waals surface area contributed by atoms with E-state index in [1.54, 1.807) is 6.07 Å². The monoisotopic (exact) mass is 492 g/mol. The number of carbonyl (C=O) groups is 1. The van der Waals surface area contributed by atoms with E-state index in [4.69, 9.17) is 14.2 Å². The van der Waals surface area contributed by atoms with Crippen molar-refractivity contribution in [1.82, 2.24) is 0 Å². The van der Waals surface area contributed by atoms with Crippen molar-refractivity contribution in [2.24, 2.45) is 0 Å². The number of phenols is 1. The van der Waals surface area contributed by atoms with E-state index in [9.17, 15) is 45.6 Å². The van der Waals surface area contributed by atoms with Crippen molar-refractivity contribution in [3.05, 3.63) is 29.3 Å². The lowest BCUT2D eigenvalue weighted by molar-refractivity contribution is -0.311. The number of carbonyl (C=O) groups excluding carboxylic acids is 1. The molecule has 8 N–H and O–H groups in total. The van der Waals surface area contributed by atoms with Crippen LogP contribution in [0, 0.1) is 0 Å². The smallest absolute Gasteiger partial charge is 0.186 e. The van der Waals surface area contributed by atoms with E-state index in [2.05, 4.69) is 0 Å². The van der Waals surface area contributed by atoms with Crippen molar-refractivity contribution >= 4 is 18.0 Å². The fraction of sp³-hybridized carbons (Fsp3) is 0.650. The number of hydrogen-bond donors (Lipinski definition) is 8. The van der Waals surface area contributed by atoms with E-state index in [0.717, 1.165) is 11.8 Å². The molecule has 0 saturated carbocycles. The molecular formula is C20H28O12S. The van der Waals surface area contributed by atoms with Crippen LogP contribution < -0.4 is 0 Å². The lowest BCUT2D eigenvalue weighted by Gasteiger charge is -2.42. The minimum atomic E-state index is -1.65. The molecule has 0 bridgehead atoms. The number of aromatic hydroxyl groups is 1. The van der Waals surface area contributed by atoms with Crippen molar-refractivity contribution in [1.29, 1.82) is 0 Å². The molecule has 186 valence electrons. The summed E-state index contributed by atoms with van der Waals surface area (Å²) in [5.74, 6) is 0.0722. The third-order valence-electron chi connectivity index (χ3n) is 5.57. The van der Waals surface area contributed by atoms with Gasteiger partial charge >= 0.3 is 0 Å². The summed E-state index contributed by atoms with van der Waals surface area (Å²) >= 11 is 1.08. The number of benzene rings is 1. The largest absolute Gasteiger partial charge is 0.507 e. The molecule has 2 aliphatic heterocycles. The van der Waals surface area contributed by atoms with E-state index < -0.39 is 73.8 Å². The molecular weight excluding hydrogens is 464 g/mol. The second-order valence-electron chi connectivity index (χ2n) is 7.87. The summed E-state index contributed by atoms with van der Waals surface area (Å²) < 4.78 is 16.3. The third-order valence-corrected chi connectivity index (χ3v) is 6.79. The quantitative estimate of drug-likeness (QED) is 0.171. The molecule has 0 aromatic heterocycles. The van der Waals surface area contributed by atoms with Crippen molar-refractivity contribution in [2.45, 2.75) is 66.3 Å². The fourth-order valence-corrected chi connectivity index (χ4v) is 4.67. The molecule has 2 aliphatic rings. The van der Waals surface area contributed by atoms with Gasteiger partial charge in [0.2, 0.25) is 0 Å². The molecule has 0 aliphatic carbocycles. The van der Waals surface area contributed by atoms with Gasteiger partial charge in [-0.3, -0.25) is 4.79 Å². The molecule has 13 heteroatoms. The number of aliphatic hydroxyl groups is 7. The Morgan fingerprint density at radius 3 is 2.24 bits per heavy atom. The van der Waals surface area contributed by atoms with Gasteiger partial charge in [0.25, 0.3) is 0 Å². The van der Waals surface area contributed by atoms with Gasteiger partial charge in [0.05, 0.1) is 18.8 Å². The second kappa shape index (κ2) is 11.4. The predicted octanol–water partition coefficient (Wildman–Crippen LogP) is -2.94. The van der Waals surface area contributed by atoms with Crippen LogP contribution in [0.4, 0.5) is 0 Å². The Morgan fingerprint density at radius 2 is 1.58 bits per heavy atom. The SMILES string of the molecule is O=Cc1cc(CS[C@@H]2O[C@H](CO[C@@H]3O[C@H](CO)[C@@H](O)[C@H](O)[C@H]3O)[C@@H](O)[C@H](O)[C@H]2O)ccc1O. The maximum absolute atomic E-state index is 11.0. The number of thioether (sulfide) groups is 1. The van der Waals surface area contributed by atoms with Crippen LogP contribution in [-0.2, 0) is 20.0 Å². The Hall–Kier alpha value is -1.36. The summed E-state index contributed by atoms with van der Waals surface area (Å²) in [4.78, 5) is 11.0. The van der Waals surface area contributed by atoms with Gasteiger partial charge in [0, 0.05) is 5.75 Å². The van der Waals surface area contributed by atoms with E-state index in [1.807, 2.05) is 0 Å². The van der Waals surface area contributed by atoms with Crippen molar-refractivity contribution in [3.8, 4) is 5.75 Å². The number of ether oxygens (including phenoxy) is 3. The highest BCUT2D eigenvalue weighted by Crippen LogP contribution is 2.32.